The van der Waals surface area contributed by atoms with Gasteiger partial charge < -0.3 is 0 Å². The zero-order valence-electron chi connectivity index (χ0n) is 10.5. The summed E-state index contributed by atoms with van der Waals surface area (Å²) in [4.78, 5) is 0. The Balaban J connectivity index is 2.36. The molecule has 2 aromatic rings. The number of rotatable bonds is 2. The lowest BCUT2D eigenvalue weighted by atomic mass is 10.1. The van der Waals surface area contributed by atoms with Crippen LogP contribution in [0, 0.1) is 0 Å². The van der Waals surface area contributed by atoms with Gasteiger partial charge in [0.25, 0.3) is 0 Å². The van der Waals surface area contributed by atoms with E-state index in [1.165, 1.54) is 16.3 Å². The number of hydrogen-bond acceptors (Lipinski definition) is 0. The fraction of sp³-hybridized carbons (Fsp3) is 0.200. The van der Waals surface area contributed by atoms with Crippen LogP contribution in [0.5, 0.6) is 0 Å². The highest BCUT2D eigenvalue weighted by Crippen LogP contribution is 2.22. The molecule has 0 nitrogen and oxygen atoms in total. The van der Waals surface area contributed by atoms with Crippen LogP contribution in [-0.4, -0.2) is 8.07 Å². The van der Waals surface area contributed by atoms with Gasteiger partial charge in [0.15, 0.2) is 0 Å². The summed E-state index contributed by atoms with van der Waals surface area (Å²) < 4.78 is 1.13. The van der Waals surface area contributed by atoms with Gasteiger partial charge in [0.1, 0.15) is 0 Å². The molecule has 2 aromatic carbocycles. The molecule has 0 spiro atoms. The first-order valence-electron chi connectivity index (χ1n) is 5.83. The summed E-state index contributed by atoms with van der Waals surface area (Å²) in [5.41, 5.74) is 2.55. The summed E-state index contributed by atoms with van der Waals surface area (Å²) in [6.45, 7) is 7.13. The Kier molecular flexibility index (Phi) is 3.55. The summed E-state index contributed by atoms with van der Waals surface area (Å²) in [5.74, 6) is 0. The van der Waals surface area contributed by atoms with Gasteiger partial charge in [-0.1, -0.05) is 77.2 Å². The highest BCUT2D eigenvalue weighted by molar-refractivity contribution is 9.10. The van der Waals surface area contributed by atoms with E-state index in [-0.39, 0.29) is 0 Å². The lowest BCUT2D eigenvalue weighted by Gasteiger charge is -2.16. The molecule has 2 rings (SSSR count). The van der Waals surface area contributed by atoms with Crippen molar-refractivity contribution >= 4 is 29.2 Å². The third-order valence-corrected chi connectivity index (χ3v) is 5.47. The van der Waals surface area contributed by atoms with Gasteiger partial charge in [-0.15, -0.1) is 0 Å². The molecule has 88 valence electrons. The van der Waals surface area contributed by atoms with E-state index in [9.17, 15) is 0 Å². The quantitative estimate of drug-likeness (QED) is 0.708. The molecule has 0 amide bonds. The van der Waals surface area contributed by atoms with Gasteiger partial charge >= 0.3 is 0 Å². The van der Waals surface area contributed by atoms with Crippen molar-refractivity contribution in [3.05, 3.63) is 53.0 Å². The highest BCUT2D eigenvalue weighted by Gasteiger charge is 2.15. The van der Waals surface area contributed by atoms with E-state index >= 15 is 0 Å². The van der Waals surface area contributed by atoms with E-state index in [2.05, 4.69) is 84.1 Å². The Morgan fingerprint density at radius 1 is 0.824 bits per heavy atom. The maximum atomic E-state index is 3.51. The van der Waals surface area contributed by atoms with Gasteiger partial charge in [0, 0.05) is 4.47 Å². The van der Waals surface area contributed by atoms with Crippen LogP contribution in [-0.2, 0) is 0 Å². The highest BCUT2D eigenvalue weighted by atomic mass is 79.9. The maximum Gasteiger partial charge on any atom is 0.0775 e. The fourth-order valence-electron chi connectivity index (χ4n) is 1.83. The summed E-state index contributed by atoms with van der Waals surface area (Å²) in [6.07, 6.45) is 0. The van der Waals surface area contributed by atoms with Crippen LogP contribution in [0.25, 0.3) is 11.1 Å². The first-order chi connectivity index (χ1) is 7.97. The molecule has 0 saturated carbocycles. The summed E-state index contributed by atoms with van der Waals surface area (Å²) >= 11 is 3.51. The third kappa shape index (κ3) is 3.08. The molecule has 0 bridgehead atoms. The van der Waals surface area contributed by atoms with Crippen LogP contribution in [0.2, 0.25) is 19.6 Å². The van der Waals surface area contributed by atoms with Crippen LogP contribution in [0.1, 0.15) is 0 Å². The third-order valence-electron chi connectivity index (χ3n) is 2.91. The maximum absolute atomic E-state index is 3.51. The van der Waals surface area contributed by atoms with Crippen molar-refractivity contribution in [3.8, 4) is 11.1 Å². The van der Waals surface area contributed by atoms with Crippen LogP contribution in [0.3, 0.4) is 0 Å². The standard InChI is InChI=1S/C15H17BrSi/c1-17(2,3)15-9-7-12(8-10-15)13-5-4-6-14(16)11-13/h4-11H,1-3H3. The molecule has 0 aliphatic carbocycles. The van der Waals surface area contributed by atoms with Crippen molar-refractivity contribution < 1.29 is 0 Å². The minimum absolute atomic E-state index is 1.13. The molecule has 2 heteroatoms. The van der Waals surface area contributed by atoms with E-state index in [0.29, 0.717) is 0 Å². The zero-order valence-corrected chi connectivity index (χ0v) is 13.1. The van der Waals surface area contributed by atoms with Crippen LogP contribution in [0.4, 0.5) is 0 Å². The Bertz CT molecular complexity index is 509. The van der Waals surface area contributed by atoms with E-state index in [0.717, 1.165) is 4.47 Å². The van der Waals surface area contributed by atoms with Gasteiger partial charge in [-0.2, -0.15) is 0 Å². The minimum atomic E-state index is -1.18. The Labute approximate surface area is 113 Å². The molecule has 0 saturated heterocycles. The topological polar surface area (TPSA) is 0 Å². The second-order valence-electron chi connectivity index (χ2n) is 5.34. The molecule has 0 N–H and O–H groups in total. The van der Waals surface area contributed by atoms with Crippen molar-refractivity contribution in [1.82, 2.24) is 0 Å². The largest absolute Gasteiger partial charge is 0.0775 e. The second kappa shape index (κ2) is 4.79. The zero-order chi connectivity index (χ0) is 12.5. The molecule has 0 aliphatic heterocycles. The molecule has 0 fully saturated rings. The molecule has 0 radical (unpaired) electrons. The van der Waals surface area contributed by atoms with E-state index < -0.39 is 8.07 Å². The Hall–Kier alpha value is -0.863. The van der Waals surface area contributed by atoms with E-state index in [1.54, 1.807) is 0 Å². The van der Waals surface area contributed by atoms with Gasteiger partial charge in [0.2, 0.25) is 0 Å². The lowest BCUT2D eigenvalue weighted by molar-refractivity contribution is 1.59. The lowest BCUT2D eigenvalue weighted by Crippen LogP contribution is -2.37. The first kappa shape index (κ1) is 12.6. The van der Waals surface area contributed by atoms with Crippen molar-refractivity contribution in [2.45, 2.75) is 19.6 Å². The van der Waals surface area contributed by atoms with Crippen LogP contribution >= 0.6 is 15.9 Å². The molecule has 0 heterocycles. The average molecular weight is 305 g/mol. The molecule has 0 aliphatic rings. The Morgan fingerprint density at radius 2 is 1.47 bits per heavy atom. The molecule has 0 unspecified atom stereocenters. The average Bonchev–Trinajstić information content (AvgIpc) is 2.28. The SMILES string of the molecule is C[Si](C)(C)c1ccc(-c2cccc(Br)c2)cc1. The summed E-state index contributed by atoms with van der Waals surface area (Å²) in [6, 6.07) is 17.5. The van der Waals surface area contributed by atoms with Crippen molar-refractivity contribution in [2.75, 3.05) is 0 Å². The van der Waals surface area contributed by atoms with Crippen molar-refractivity contribution in [3.63, 3.8) is 0 Å². The molecule has 0 aromatic heterocycles. The van der Waals surface area contributed by atoms with Crippen molar-refractivity contribution in [2.24, 2.45) is 0 Å². The van der Waals surface area contributed by atoms with E-state index in [4.69, 9.17) is 0 Å². The number of benzene rings is 2. The number of halogens is 1. The van der Waals surface area contributed by atoms with Crippen molar-refractivity contribution in [1.29, 1.82) is 0 Å². The molecular weight excluding hydrogens is 288 g/mol. The molecular formula is C15H17BrSi. The summed E-state index contributed by atoms with van der Waals surface area (Å²) in [7, 11) is -1.18. The molecule has 0 atom stereocenters. The fourth-order valence-corrected chi connectivity index (χ4v) is 3.40. The van der Waals surface area contributed by atoms with Gasteiger partial charge in [0.05, 0.1) is 8.07 Å². The Morgan fingerprint density at radius 3 is 2.00 bits per heavy atom. The number of hydrogen-bond donors (Lipinski definition) is 0. The summed E-state index contributed by atoms with van der Waals surface area (Å²) in [5, 5.41) is 1.51. The smallest absolute Gasteiger partial charge is 0.0656 e. The van der Waals surface area contributed by atoms with Gasteiger partial charge in [-0.05, 0) is 23.3 Å². The monoisotopic (exact) mass is 304 g/mol. The predicted molar refractivity (Wildman–Crippen MR) is 82.6 cm³/mol. The second-order valence-corrected chi connectivity index (χ2v) is 11.3. The van der Waals surface area contributed by atoms with E-state index in [1.807, 2.05) is 0 Å². The van der Waals surface area contributed by atoms with Crippen LogP contribution in [0.15, 0.2) is 53.0 Å². The predicted octanol–water partition coefficient (Wildman–Crippen LogP) is 4.66. The van der Waals surface area contributed by atoms with Gasteiger partial charge in [-0.3, -0.25) is 0 Å². The first-order valence-corrected chi connectivity index (χ1v) is 10.1. The van der Waals surface area contributed by atoms with Crippen LogP contribution < -0.4 is 5.19 Å². The minimum Gasteiger partial charge on any atom is -0.0656 e. The van der Waals surface area contributed by atoms with Gasteiger partial charge in [-0.25, -0.2) is 0 Å². The molecule has 17 heavy (non-hydrogen) atoms. The normalized spacial score (nSPS) is 11.5.